The first kappa shape index (κ1) is 84.2. The molecule has 0 unspecified atom stereocenters. The van der Waals surface area contributed by atoms with E-state index in [1.165, 1.54) is 74.8 Å². The largest absolute Gasteiger partial charge is 0.497 e. The number of hydrogen-bond acceptors (Lipinski definition) is 12. The summed E-state index contributed by atoms with van der Waals surface area (Å²) in [4.78, 5) is 57.2. The lowest BCUT2D eigenvalue weighted by molar-refractivity contribution is -0.137. The summed E-state index contributed by atoms with van der Waals surface area (Å²) in [6.07, 6.45) is 15.9. The van der Waals surface area contributed by atoms with Crippen molar-refractivity contribution in [2.45, 2.75) is 191 Å². The zero-order valence-corrected chi connectivity index (χ0v) is 59.6. The van der Waals surface area contributed by atoms with Crippen LogP contribution in [0.3, 0.4) is 0 Å². The molecule has 514 valence electrons. The van der Waals surface area contributed by atoms with Crippen LogP contribution in [0.25, 0.3) is 12.2 Å². The molecule has 92 heavy (non-hydrogen) atoms. The van der Waals surface area contributed by atoms with E-state index in [1.54, 1.807) is 41.3 Å². The highest BCUT2D eigenvalue weighted by Crippen LogP contribution is 2.33. The first-order valence-electron chi connectivity index (χ1n) is 32.7. The second kappa shape index (κ2) is 45.5. The Morgan fingerprint density at radius 3 is 1.65 bits per heavy atom. The number of nitrogens with one attached hydrogen (secondary N) is 1. The molecule has 2 aliphatic rings. The fraction of sp³-hybridized carbons (Fsp3) is 0.566. The Morgan fingerprint density at radius 2 is 1.15 bits per heavy atom. The molecular weight excluding hydrogens is 1240 g/mol. The van der Waals surface area contributed by atoms with Crippen LogP contribution in [-0.2, 0) is 43.0 Å². The lowest BCUT2D eigenvalue weighted by Gasteiger charge is -2.21. The van der Waals surface area contributed by atoms with Crippen LogP contribution in [0.15, 0.2) is 95.5 Å². The third-order valence-electron chi connectivity index (χ3n) is 16.3. The van der Waals surface area contributed by atoms with E-state index >= 15 is 0 Å². The monoisotopic (exact) mass is 1350 g/mol. The molecule has 4 atom stereocenters. The number of hydrogen-bond donors (Lipinski definition) is 4. The summed E-state index contributed by atoms with van der Waals surface area (Å²) < 4.78 is 53.5. The molecule has 0 heterocycles. The van der Waals surface area contributed by atoms with Crippen LogP contribution in [0, 0.1) is 61.2 Å². The molecule has 12 nitrogen and oxygen atoms in total. The van der Waals surface area contributed by atoms with Crippen molar-refractivity contribution in [3.63, 3.8) is 0 Å². The quantitative estimate of drug-likeness (QED) is 0.0345. The van der Waals surface area contributed by atoms with Gasteiger partial charge in [0, 0.05) is 78.3 Å². The Bertz CT molecular complexity index is 2850. The number of rotatable bonds is 26. The molecule has 4 aromatic rings. The van der Waals surface area contributed by atoms with Gasteiger partial charge in [0.2, 0.25) is 0 Å². The Hall–Kier alpha value is -5.78. The highest BCUT2D eigenvalue weighted by atomic mass is 79.9. The Kier molecular flexibility index (Phi) is 41.7. The molecule has 2 aliphatic carbocycles. The molecular formula is C76H111BrF3NO11. The maximum absolute atomic E-state index is 12.3. The molecule has 2 saturated carbocycles. The van der Waals surface area contributed by atoms with Crippen LogP contribution in [0.2, 0.25) is 0 Å². The maximum atomic E-state index is 12.3. The van der Waals surface area contributed by atoms with Gasteiger partial charge in [0.1, 0.15) is 23.1 Å². The zero-order valence-electron chi connectivity index (χ0n) is 58.0. The molecule has 4 aromatic carbocycles. The summed E-state index contributed by atoms with van der Waals surface area (Å²) in [7, 11) is 6.71. The fourth-order valence-corrected chi connectivity index (χ4v) is 10.3. The summed E-state index contributed by atoms with van der Waals surface area (Å²) in [5.74, 6) is 4.79. The number of alkyl halides is 3. The number of ether oxygens (including phenoxy) is 3. The molecule has 0 saturated heterocycles. The van der Waals surface area contributed by atoms with Crippen molar-refractivity contribution in [1.29, 1.82) is 0 Å². The van der Waals surface area contributed by atoms with E-state index in [4.69, 9.17) is 19.3 Å². The Morgan fingerprint density at radius 1 is 0.620 bits per heavy atom. The van der Waals surface area contributed by atoms with Gasteiger partial charge in [0.25, 0.3) is 0 Å². The third-order valence-corrected chi connectivity index (χ3v) is 16.8. The minimum atomic E-state index is -4.32. The van der Waals surface area contributed by atoms with Gasteiger partial charge in [0.15, 0.2) is 23.1 Å². The number of carbonyl (C=O) groups is 5. The number of aliphatic hydroxyl groups excluding tert-OH is 3. The smallest absolute Gasteiger partial charge is 0.416 e. The van der Waals surface area contributed by atoms with E-state index in [0.717, 1.165) is 87.7 Å². The highest BCUT2D eigenvalue weighted by Gasteiger charge is 2.40. The standard InChI is InChI=1S/C15H22O3.C14H26O.C13H15BrO.C13H13F3O.C13H18O2.C8H17NO3/c1-10(2)13(16)7-6-12-9-15(18-5)14(17-4)8-11(12)3;1-12(2)14(15)11-7-6-10-13-8-4-3-5-9-13;1-9(2)13(15)7-5-11-8-12(14)6-4-10(11)3;1-9(2)12(17)8-5-10-3-6-11(7-4-10)13(14,15)16;1-10(2)13(14)8-7-11-5-4-6-12(9-11)15-3;1-9-3-5-2-6(4-10)8(12)7(5)11/h8-10H,6-7H2,1-5H3;12-13H,3-11H2,1-2H3;4-9H,1-3H3;3-9H,1-2H3;4-6,9-10H,7-8H2,1-3H3;5-12H,2-4H2,1H3/b;;7-5+;8-5+;;/t;;;;;5-,6-,7-,8+/m.....1/s1. The maximum Gasteiger partial charge on any atom is 0.416 e. The lowest BCUT2D eigenvalue weighted by Crippen LogP contribution is -2.32. The van der Waals surface area contributed by atoms with Gasteiger partial charge < -0.3 is 34.8 Å². The number of benzene rings is 4. The van der Waals surface area contributed by atoms with Gasteiger partial charge in [-0.3, -0.25) is 24.0 Å². The molecule has 0 amide bonds. The number of Topliss-reactive ketones (excluding diaryl/α,β-unsaturated/α-hetero) is 3. The number of allylic oxidation sites excluding steroid dienone is 2. The van der Waals surface area contributed by atoms with Crippen LogP contribution in [-0.4, -0.2) is 98.0 Å². The zero-order chi connectivity index (χ0) is 69.7. The molecule has 0 radical (unpaired) electrons. The van der Waals surface area contributed by atoms with E-state index in [9.17, 15) is 47.4 Å². The average molecular weight is 1350 g/mol. The van der Waals surface area contributed by atoms with Crippen molar-refractivity contribution >= 4 is 57.0 Å². The molecule has 2 fully saturated rings. The topological polar surface area (TPSA) is 186 Å². The molecule has 0 aliphatic heterocycles. The van der Waals surface area contributed by atoms with Crippen LogP contribution in [0.5, 0.6) is 17.2 Å². The second-order valence-electron chi connectivity index (χ2n) is 25.5. The van der Waals surface area contributed by atoms with Crippen molar-refractivity contribution in [2.75, 3.05) is 41.5 Å². The van der Waals surface area contributed by atoms with Crippen molar-refractivity contribution in [3.05, 3.63) is 134 Å². The van der Waals surface area contributed by atoms with Gasteiger partial charge in [0.05, 0.1) is 39.1 Å². The summed E-state index contributed by atoms with van der Waals surface area (Å²) in [6, 6.07) is 22.5. The first-order valence-corrected chi connectivity index (χ1v) is 33.5. The van der Waals surface area contributed by atoms with E-state index in [0.29, 0.717) is 48.7 Å². The van der Waals surface area contributed by atoms with Crippen LogP contribution >= 0.6 is 15.9 Å². The molecule has 0 spiro atoms. The number of methoxy groups -OCH3 is 3. The first-order chi connectivity index (χ1) is 43.3. The normalized spacial score (nSPS) is 16.3. The van der Waals surface area contributed by atoms with Gasteiger partial charge in [-0.2, -0.15) is 13.2 Å². The van der Waals surface area contributed by atoms with Gasteiger partial charge in [-0.25, -0.2) is 0 Å². The Balaban J connectivity index is 0.000000554. The SMILES string of the molecule is CC(C)C(=O)/C=C/c1ccc(C(F)(F)F)cc1.CC(C)C(=O)CCCCC1CCCCC1.CNC[C@H]1C[C@H](CO)[C@H](O)[C@@H]1O.COc1cc(C)c(CCC(=O)C(C)C)cc1OC.COc1cccc(CCC(=O)C(C)C)c1.Cc1ccc(Br)cc1/C=C/C(=O)C(C)C. The second-order valence-corrected chi connectivity index (χ2v) is 26.4. The third kappa shape index (κ3) is 33.9. The van der Waals surface area contributed by atoms with Gasteiger partial charge in [-0.1, -0.05) is 173 Å². The van der Waals surface area contributed by atoms with Gasteiger partial charge in [-0.05, 0) is 147 Å². The predicted octanol–water partition coefficient (Wildman–Crippen LogP) is 16.9. The highest BCUT2D eigenvalue weighted by molar-refractivity contribution is 9.10. The number of unbranched alkanes of at least 4 members (excludes halogenated alkanes) is 1. The minimum absolute atomic E-state index is 0.0432. The number of ketones is 5. The van der Waals surface area contributed by atoms with Crippen LogP contribution in [0.4, 0.5) is 13.2 Å². The minimum Gasteiger partial charge on any atom is -0.497 e. The Labute approximate surface area is 558 Å². The van der Waals surface area contributed by atoms with Gasteiger partial charge >= 0.3 is 6.18 Å². The van der Waals surface area contributed by atoms with E-state index < -0.39 is 23.9 Å². The fourth-order valence-electron chi connectivity index (χ4n) is 9.90. The summed E-state index contributed by atoms with van der Waals surface area (Å²) in [6.45, 7) is 23.8. The summed E-state index contributed by atoms with van der Waals surface area (Å²) >= 11 is 3.41. The van der Waals surface area contributed by atoms with E-state index in [2.05, 4.69) is 21.2 Å². The number of aliphatic hydroxyl groups is 3. The summed E-state index contributed by atoms with van der Waals surface area (Å²) in [5.41, 5.74) is 5.57. The van der Waals surface area contributed by atoms with Crippen LogP contribution < -0.4 is 19.5 Å². The summed E-state index contributed by atoms with van der Waals surface area (Å²) in [5, 5.41) is 30.7. The number of aryl methyl sites for hydroxylation is 4. The molecule has 0 bridgehead atoms. The van der Waals surface area contributed by atoms with Crippen molar-refractivity contribution in [3.8, 4) is 17.2 Å². The van der Waals surface area contributed by atoms with Crippen LogP contribution in [0.1, 0.15) is 185 Å². The number of halogens is 4. The molecule has 0 aromatic heterocycles. The predicted molar refractivity (Wildman–Crippen MR) is 371 cm³/mol. The number of carbonyl (C=O) groups excluding carboxylic acids is 5. The lowest BCUT2D eigenvalue weighted by atomic mass is 9.85. The van der Waals surface area contributed by atoms with Crippen molar-refractivity contribution in [1.82, 2.24) is 5.32 Å². The molecule has 16 heteroatoms. The van der Waals surface area contributed by atoms with Crippen molar-refractivity contribution in [2.24, 2.45) is 47.3 Å². The van der Waals surface area contributed by atoms with Gasteiger partial charge in [-0.15, -0.1) is 0 Å². The molecule has 4 N–H and O–H groups in total. The van der Waals surface area contributed by atoms with E-state index in [-0.39, 0.29) is 59.6 Å². The van der Waals surface area contributed by atoms with Crippen molar-refractivity contribution < 1.29 is 66.7 Å². The average Bonchev–Trinajstić information content (AvgIpc) is 1.85. The van der Waals surface area contributed by atoms with E-state index in [1.807, 2.05) is 137 Å². The molecule has 6 rings (SSSR count).